The molecule has 26 heavy (non-hydrogen) atoms. The summed E-state index contributed by atoms with van der Waals surface area (Å²) in [5, 5.41) is 8.09. The molecule has 3 rings (SSSR count). The van der Waals surface area contributed by atoms with Crippen molar-refractivity contribution in [2.45, 2.75) is 30.0 Å². The molecule has 2 atom stereocenters. The zero-order valence-electron chi connectivity index (χ0n) is 13.9. The molecule has 0 aliphatic carbocycles. The molecule has 138 valence electrons. The molecule has 2 aliphatic rings. The third-order valence-corrected chi connectivity index (χ3v) is 7.29. The predicted molar refractivity (Wildman–Crippen MR) is 92.7 cm³/mol. The predicted octanol–water partition coefficient (Wildman–Crippen LogP) is -0.802. The van der Waals surface area contributed by atoms with E-state index < -0.39 is 37.9 Å². The molecule has 1 amide bonds. The fourth-order valence-electron chi connectivity index (χ4n) is 3.20. The summed E-state index contributed by atoms with van der Waals surface area (Å²) in [6.07, 6.45) is 2.70. The number of carboxylic acids is 1. The van der Waals surface area contributed by atoms with Crippen LogP contribution >= 0.6 is 0 Å². The largest absolute Gasteiger partial charge is 0.480 e. The minimum absolute atomic E-state index is 0.0103. The van der Waals surface area contributed by atoms with E-state index in [9.17, 15) is 23.1 Å². The standard InChI is InChI=1S/C15H17N5O5S/c1-15(2)10(13(22)23)20-11(21)9(12(20)26(15,24)25)5-7-3-4-8(6-18-7)19-14(16)17/h3-6,10,12H,1-2H3,(H,22,23)(H4,16,17,19)/t10-,12+/m0/s1. The summed E-state index contributed by atoms with van der Waals surface area (Å²) in [5.74, 6) is -2.12. The second-order valence-corrected chi connectivity index (χ2v) is 9.12. The van der Waals surface area contributed by atoms with Crippen LogP contribution in [-0.2, 0) is 19.4 Å². The van der Waals surface area contributed by atoms with Crippen molar-refractivity contribution in [2.24, 2.45) is 16.5 Å². The number of carbonyl (C=O) groups excluding carboxylic acids is 1. The molecule has 11 heteroatoms. The highest BCUT2D eigenvalue weighted by Crippen LogP contribution is 2.48. The molecule has 0 spiro atoms. The molecule has 0 radical (unpaired) electrons. The van der Waals surface area contributed by atoms with Crippen LogP contribution in [0.3, 0.4) is 0 Å². The van der Waals surface area contributed by atoms with Crippen molar-refractivity contribution < 1.29 is 23.1 Å². The molecule has 1 aromatic heterocycles. The first-order chi connectivity index (χ1) is 12.0. The zero-order valence-corrected chi connectivity index (χ0v) is 14.8. The minimum atomic E-state index is -3.91. The first-order valence-corrected chi connectivity index (χ1v) is 9.09. The van der Waals surface area contributed by atoms with Gasteiger partial charge in [0.1, 0.15) is 4.75 Å². The Kier molecular flexibility index (Phi) is 3.80. The van der Waals surface area contributed by atoms with Gasteiger partial charge in [0, 0.05) is 0 Å². The Morgan fingerprint density at radius 2 is 2.04 bits per heavy atom. The molecule has 0 saturated carbocycles. The van der Waals surface area contributed by atoms with Crippen LogP contribution in [0.15, 0.2) is 28.9 Å². The molecule has 2 fully saturated rings. The summed E-state index contributed by atoms with van der Waals surface area (Å²) in [4.78, 5) is 32.7. The fourth-order valence-corrected chi connectivity index (χ4v) is 5.32. The number of β-lactam (4-membered cyclic amide) rings is 1. The van der Waals surface area contributed by atoms with Crippen LogP contribution in [0.5, 0.6) is 0 Å². The van der Waals surface area contributed by atoms with Crippen molar-refractivity contribution in [1.82, 2.24) is 9.88 Å². The number of carboxylic acid groups (broad SMARTS) is 1. The van der Waals surface area contributed by atoms with Crippen molar-refractivity contribution in [1.29, 1.82) is 0 Å². The first kappa shape index (κ1) is 17.9. The highest BCUT2D eigenvalue weighted by atomic mass is 32.2. The van der Waals surface area contributed by atoms with Crippen LogP contribution in [0.25, 0.3) is 6.08 Å². The number of amides is 1. The minimum Gasteiger partial charge on any atom is -0.480 e. The Morgan fingerprint density at radius 1 is 1.38 bits per heavy atom. The van der Waals surface area contributed by atoms with Gasteiger partial charge in [0.25, 0.3) is 5.91 Å². The quantitative estimate of drug-likeness (QED) is 0.265. The summed E-state index contributed by atoms with van der Waals surface area (Å²) in [6.45, 7) is 2.62. The van der Waals surface area contributed by atoms with Gasteiger partial charge in [0.15, 0.2) is 27.2 Å². The van der Waals surface area contributed by atoms with E-state index >= 15 is 0 Å². The number of carbonyl (C=O) groups is 2. The molecule has 3 heterocycles. The Bertz CT molecular complexity index is 961. The van der Waals surface area contributed by atoms with E-state index in [4.69, 9.17) is 11.5 Å². The van der Waals surface area contributed by atoms with Gasteiger partial charge < -0.3 is 21.5 Å². The molecule has 2 aliphatic heterocycles. The van der Waals surface area contributed by atoms with Gasteiger partial charge >= 0.3 is 5.97 Å². The molecular weight excluding hydrogens is 362 g/mol. The van der Waals surface area contributed by atoms with Gasteiger partial charge in [-0.2, -0.15) is 0 Å². The number of aromatic nitrogens is 1. The van der Waals surface area contributed by atoms with Gasteiger partial charge in [0.05, 0.1) is 23.2 Å². The third-order valence-electron chi connectivity index (χ3n) is 4.53. The van der Waals surface area contributed by atoms with E-state index in [-0.39, 0.29) is 11.5 Å². The maximum absolute atomic E-state index is 12.7. The van der Waals surface area contributed by atoms with E-state index in [0.29, 0.717) is 11.4 Å². The van der Waals surface area contributed by atoms with E-state index in [1.807, 2.05) is 0 Å². The van der Waals surface area contributed by atoms with Crippen molar-refractivity contribution in [3.8, 4) is 0 Å². The van der Waals surface area contributed by atoms with Crippen molar-refractivity contribution in [3.05, 3.63) is 29.6 Å². The van der Waals surface area contributed by atoms with Gasteiger partial charge in [-0.1, -0.05) is 0 Å². The number of rotatable bonds is 3. The number of pyridine rings is 1. The number of nitrogens with two attached hydrogens (primary N) is 2. The number of sulfone groups is 1. The number of aliphatic imine (C=N–C) groups is 1. The van der Waals surface area contributed by atoms with Crippen LogP contribution in [0.1, 0.15) is 19.5 Å². The monoisotopic (exact) mass is 379 g/mol. The molecule has 1 aromatic rings. The van der Waals surface area contributed by atoms with Crippen molar-refractivity contribution in [3.63, 3.8) is 0 Å². The van der Waals surface area contributed by atoms with E-state index in [1.54, 1.807) is 6.07 Å². The SMILES string of the molecule is CC1(C)[C@H](C(=O)O)N2C(=O)C(=Cc3ccc(N=C(N)N)cn3)[C@H]2S1(=O)=O. The van der Waals surface area contributed by atoms with Crippen LogP contribution in [0.4, 0.5) is 5.69 Å². The fraction of sp³-hybridized carbons (Fsp3) is 0.333. The number of hydrogen-bond acceptors (Lipinski definition) is 6. The highest BCUT2D eigenvalue weighted by molar-refractivity contribution is 7.94. The zero-order chi connectivity index (χ0) is 19.4. The molecule has 0 aromatic carbocycles. The molecule has 10 nitrogen and oxygen atoms in total. The number of fused-ring (bicyclic) bond motifs is 1. The number of nitrogens with zero attached hydrogens (tertiary/aromatic N) is 3. The number of hydrogen-bond donors (Lipinski definition) is 3. The lowest BCUT2D eigenvalue weighted by molar-refractivity contribution is -0.152. The maximum atomic E-state index is 12.7. The normalized spacial score (nSPS) is 26.9. The molecule has 0 unspecified atom stereocenters. The molecule has 5 N–H and O–H groups in total. The molecule has 2 saturated heterocycles. The average molecular weight is 379 g/mol. The van der Waals surface area contributed by atoms with Gasteiger partial charge in [-0.3, -0.25) is 9.78 Å². The van der Waals surface area contributed by atoms with Crippen LogP contribution in [0.2, 0.25) is 0 Å². The smallest absolute Gasteiger partial charge is 0.328 e. The van der Waals surface area contributed by atoms with Gasteiger partial charge in [-0.05, 0) is 32.1 Å². The summed E-state index contributed by atoms with van der Waals surface area (Å²) in [5.41, 5.74) is 11.2. The van der Waals surface area contributed by atoms with Crippen LogP contribution < -0.4 is 11.5 Å². The Balaban J connectivity index is 1.99. The highest BCUT2D eigenvalue weighted by Gasteiger charge is 2.70. The van der Waals surface area contributed by atoms with Gasteiger partial charge in [0.2, 0.25) is 0 Å². The number of aliphatic carboxylic acids is 1. The average Bonchev–Trinajstić information content (AvgIpc) is 2.67. The lowest BCUT2D eigenvalue weighted by atomic mass is 9.95. The van der Waals surface area contributed by atoms with E-state index in [0.717, 1.165) is 4.90 Å². The Morgan fingerprint density at radius 3 is 2.54 bits per heavy atom. The topological polar surface area (TPSA) is 169 Å². The van der Waals surface area contributed by atoms with Gasteiger partial charge in [-0.15, -0.1) is 0 Å². The lowest BCUT2D eigenvalue weighted by Crippen LogP contribution is -2.58. The first-order valence-electron chi connectivity index (χ1n) is 7.54. The van der Waals surface area contributed by atoms with E-state index in [2.05, 4.69) is 9.98 Å². The third kappa shape index (κ3) is 2.35. The maximum Gasteiger partial charge on any atom is 0.328 e. The van der Waals surface area contributed by atoms with Crippen LogP contribution in [-0.4, -0.2) is 57.4 Å². The van der Waals surface area contributed by atoms with Crippen LogP contribution in [0, 0.1) is 0 Å². The second-order valence-electron chi connectivity index (χ2n) is 6.53. The summed E-state index contributed by atoms with van der Waals surface area (Å²) < 4.78 is 23.9. The number of guanidine groups is 1. The molecule has 0 bridgehead atoms. The Labute approximate surface area is 149 Å². The summed E-state index contributed by atoms with van der Waals surface area (Å²) in [7, 11) is -3.91. The Hall–Kier alpha value is -2.95. The van der Waals surface area contributed by atoms with Crippen molar-refractivity contribution in [2.75, 3.05) is 0 Å². The lowest BCUT2D eigenvalue weighted by Gasteiger charge is -2.37. The van der Waals surface area contributed by atoms with E-state index in [1.165, 1.54) is 32.2 Å². The summed E-state index contributed by atoms with van der Waals surface area (Å²) >= 11 is 0. The second kappa shape index (κ2) is 5.53. The van der Waals surface area contributed by atoms with Gasteiger partial charge in [-0.25, -0.2) is 18.2 Å². The summed E-state index contributed by atoms with van der Waals surface area (Å²) in [6, 6.07) is 1.64. The molecular formula is C15H17N5O5S. The van der Waals surface area contributed by atoms with Crippen molar-refractivity contribution >= 4 is 39.4 Å².